The van der Waals surface area contributed by atoms with Crippen LogP contribution < -0.4 is 4.74 Å². The van der Waals surface area contributed by atoms with Crippen LogP contribution in [0.2, 0.25) is 0 Å². The molecule has 0 bridgehead atoms. The molecule has 1 aliphatic heterocycles. The van der Waals surface area contributed by atoms with E-state index >= 15 is 0 Å². The molecule has 2 aromatic carbocycles. The second kappa shape index (κ2) is 7.83. The van der Waals surface area contributed by atoms with Gasteiger partial charge in [0.15, 0.2) is 0 Å². The van der Waals surface area contributed by atoms with E-state index in [-0.39, 0.29) is 12.0 Å². The number of ether oxygens (including phenoxy) is 1. The van der Waals surface area contributed by atoms with Gasteiger partial charge in [-0.25, -0.2) is 4.79 Å². The van der Waals surface area contributed by atoms with E-state index in [9.17, 15) is 9.59 Å². The average molecular weight is 338 g/mol. The van der Waals surface area contributed by atoms with Gasteiger partial charge in [-0.05, 0) is 37.1 Å². The molecule has 0 spiro atoms. The van der Waals surface area contributed by atoms with Crippen molar-refractivity contribution < 1.29 is 14.3 Å². The van der Waals surface area contributed by atoms with E-state index in [1.165, 1.54) is 0 Å². The molecule has 25 heavy (non-hydrogen) atoms. The van der Waals surface area contributed by atoms with E-state index in [1.807, 2.05) is 54.3 Å². The highest BCUT2D eigenvalue weighted by molar-refractivity contribution is 5.95. The molecule has 5 heteroatoms. The highest BCUT2D eigenvalue weighted by Crippen LogP contribution is 2.15. The molecular formula is C20H22N2O3. The fourth-order valence-electron chi connectivity index (χ4n) is 2.94. The Morgan fingerprint density at radius 2 is 1.48 bits per heavy atom. The summed E-state index contributed by atoms with van der Waals surface area (Å²) in [4.78, 5) is 28.5. The first-order valence-electron chi connectivity index (χ1n) is 8.52. The van der Waals surface area contributed by atoms with E-state index in [1.54, 1.807) is 17.0 Å². The maximum Gasteiger partial charge on any atom is 0.415 e. The number of hydrogen-bond acceptors (Lipinski definition) is 3. The number of benzene rings is 2. The second-order valence-electron chi connectivity index (χ2n) is 6.13. The lowest BCUT2D eigenvalue weighted by atomic mass is 10.1. The fraction of sp³-hybridized carbons (Fsp3) is 0.300. The van der Waals surface area contributed by atoms with Gasteiger partial charge in [0.2, 0.25) is 0 Å². The maximum atomic E-state index is 12.7. The van der Waals surface area contributed by atoms with Crippen LogP contribution in [0, 0.1) is 6.92 Å². The number of rotatable bonds is 2. The third-order valence-corrected chi connectivity index (χ3v) is 4.37. The van der Waals surface area contributed by atoms with Crippen molar-refractivity contribution in [2.75, 3.05) is 26.2 Å². The fourth-order valence-corrected chi connectivity index (χ4v) is 2.94. The van der Waals surface area contributed by atoms with Crippen molar-refractivity contribution in [3.63, 3.8) is 0 Å². The highest BCUT2D eigenvalue weighted by Gasteiger charge is 2.24. The van der Waals surface area contributed by atoms with Gasteiger partial charge in [-0.3, -0.25) is 4.79 Å². The standard InChI is InChI=1S/C20H22N2O3/c1-16-8-5-6-11-18(16)19(23)21-12-7-13-22(15-14-21)20(24)25-17-9-3-2-4-10-17/h2-6,8-11H,7,12-15H2,1H3. The molecule has 0 radical (unpaired) electrons. The molecule has 3 rings (SSSR count). The van der Waals surface area contributed by atoms with Crippen molar-refractivity contribution in [1.82, 2.24) is 9.80 Å². The number of nitrogens with zero attached hydrogens (tertiary/aromatic N) is 2. The van der Waals surface area contributed by atoms with Crippen LogP contribution in [0.25, 0.3) is 0 Å². The van der Waals surface area contributed by atoms with Crippen molar-refractivity contribution in [1.29, 1.82) is 0 Å². The molecule has 1 saturated heterocycles. The normalized spacial score (nSPS) is 14.8. The molecule has 0 unspecified atom stereocenters. The van der Waals surface area contributed by atoms with E-state index in [0.717, 1.165) is 17.5 Å². The van der Waals surface area contributed by atoms with Crippen molar-refractivity contribution >= 4 is 12.0 Å². The Kier molecular flexibility index (Phi) is 5.33. The zero-order chi connectivity index (χ0) is 17.6. The monoisotopic (exact) mass is 338 g/mol. The van der Waals surface area contributed by atoms with Crippen LogP contribution in [0.4, 0.5) is 4.79 Å². The lowest BCUT2D eigenvalue weighted by molar-refractivity contribution is 0.0759. The summed E-state index contributed by atoms with van der Waals surface area (Å²) in [7, 11) is 0. The topological polar surface area (TPSA) is 49.9 Å². The third-order valence-electron chi connectivity index (χ3n) is 4.37. The molecule has 0 N–H and O–H groups in total. The van der Waals surface area contributed by atoms with Crippen LogP contribution in [0.3, 0.4) is 0 Å². The minimum atomic E-state index is -0.364. The average Bonchev–Trinajstić information content (AvgIpc) is 2.89. The van der Waals surface area contributed by atoms with Crippen molar-refractivity contribution in [3.05, 3.63) is 65.7 Å². The van der Waals surface area contributed by atoms with Gasteiger partial charge in [0.25, 0.3) is 5.91 Å². The molecule has 0 atom stereocenters. The van der Waals surface area contributed by atoms with Gasteiger partial charge in [0, 0.05) is 31.7 Å². The van der Waals surface area contributed by atoms with Gasteiger partial charge in [-0.1, -0.05) is 36.4 Å². The molecule has 1 fully saturated rings. The summed E-state index contributed by atoms with van der Waals surface area (Å²) < 4.78 is 5.39. The quantitative estimate of drug-likeness (QED) is 0.844. The number of carbonyl (C=O) groups excluding carboxylic acids is 2. The van der Waals surface area contributed by atoms with Crippen molar-refractivity contribution in [2.45, 2.75) is 13.3 Å². The first-order chi connectivity index (χ1) is 12.1. The first kappa shape index (κ1) is 17.0. The molecule has 1 heterocycles. The van der Waals surface area contributed by atoms with E-state index in [0.29, 0.717) is 31.9 Å². The molecule has 0 aromatic heterocycles. The maximum absolute atomic E-state index is 12.7. The zero-order valence-electron chi connectivity index (χ0n) is 14.4. The molecule has 5 nitrogen and oxygen atoms in total. The third kappa shape index (κ3) is 4.18. The van der Waals surface area contributed by atoms with Crippen molar-refractivity contribution in [3.8, 4) is 5.75 Å². The van der Waals surface area contributed by atoms with Gasteiger partial charge in [-0.15, -0.1) is 0 Å². The Balaban J connectivity index is 1.61. The van der Waals surface area contributed by atoms with Crippen LogP contribution in [0.15, 0.2) is 54.6 Å². The van der Waals surface area contributed by atoms with Crippen LogP contribution in [-0.4, -0.2) is 48.0 Å². The lowest BCUT2D eigenvalue weighted by Gasteiger charge is -2.22. The Morgan fingerprint density at radius 3 is 2.24 bits per heavy atom. The van der Waals surface area contributed by atoms with Crippen LogP contribution in [-0.2, 0) is 0 Å². The van der Waals surface area contributed by atoms with Gasteiger partial charge in [0.1, 0.15) is 5.75 Å². The second-order valence-corrected chi connectivity index (χ2v) is 6.13. The molecule has 2 aromatic rings. The number of para-hydroxylation sites is 1. The van der Waals surface area contributed by atoms with Gasteiger partial charge in [0.05, 0.1) is 0 Å². The van der Waals surface area contributed by atoms with Gasteiger partial charge < -0.3 is 14.5 Å². The lowest BCUT2D eigenvalue weighted by Crippen LogP contribution is -2.38. The molecule has 130 valence electrons. The zero-order valence-corrected chi connectivity index (χ0v) is 14.4. The van der Waals surface area contributed by atoms with Crippen LogP contribution in [0.5, 0.6) is 5.75 Å². The number of amides is 2. The number of carbonyl (C=O) groups is 2. The summed E-state index contributed by atoms with van der Waals surface area (Å²) in [5.41, 5.74) is 1.69. The summed E-state index contributed by atoms with van der Waals surface area (Å²) in [5, 5.41) is 0. The predicted octanol–water partition coefficient (Wildman–Crippen LogP) is 3.34. The molecule has 0 saturated carbocycles. The van der Waals surface area contributed by atoms with E-state index < -0.39 is 0 Å². The SMILES string of the molecule is Cc1ccccc1C(=O)N1CCCN(C(=O)Oc2ccccc2)CC1. The number of hydrogen-bond donors (Lipinski definition) is 0. The minimum absolute atomic E-state index is 0.0244. The smallest absolute Gasteiger partial charge is 0.410 e. The summed E-state index contributed by atoms with van der Waals surface area (Å²) >= 11 is 0. The Bertz CT molecular complexity index is 746. The van der Waals surface area contributed by atoms with Gasteiger partial charge in [-0.2, -0.15) is 0 Å². The highest BCUT2D eigenvalue weighted by atomic mass is 16.6. The van der Waals surface area contributed by atoms with Crippen LogP contribution >= 0.6 is 0 Å². The predicted molar refractivity (Wildman–Crippen MR) is 95.7 cm³/mol. The molecule has 1 aliphatic rings. The minimum Gasteiger partial charge on any atom is -0.410 e. The number of aryl methyl sites for hydroxylation is 1. The summed E-state index contributed by atoms with van der Waals surface area (Å²) in [5.74, 6) is 0.556. The largest absolute Gasteiger partial charge is 0.415 e. The molecule has 2 amide bonds. The Morgan fingerprint density at radius 1 is 0.840 bits per heavy atom. The Hall–Kier alpha value is -2.82. The summed E-state index contributed by atoms with van der Waals surface area (Å²) in [6.07, 6.45) is 0.373. The first-order valence-corrected chi connectivity index (χ1v) is 8.52. The van der Waals surface area contributed by atoms with Crippen molar-refractivity contribution in [2.24, 2.45) is 0 Å². The summed E-state index contributed by atoms with van der Waals surface area (Å²) in [6.45, 7) is 4.15. The molecule has 0 aliphatic carbocycles. The van der Waals surface area contributed by atoms with Crippen LogP contribution in [0.1, 0.15) is 22.3 Å². The van der Waals surface area contributed by atoms with E-state index in [4.69, 9.17) is 4.74 Å². The van der Waals surface area contributed by atoms with Gasteiger partial charge >= 0.3 is 6.09 Å². The molecular weight excluding hydrogens is 316 g/mol. The summed E-state index contributed by atoms with van der Waals surface area (Å²) in [6, 6.07) is 16.6. The van der Waals surface area contributed by atoms with E-state index in [2.05, 4.69) is 0 Å². The Labute approximate surface area is 147 Å².